The quantitative estimate of drug-likeness (QED) is 0.530. The molecule has 2 rings (SSSR count). The Balaban J connectivity index is 2.30. The molecule has 2 saturated heterocycles. The van der Waals surface area contributed by atoms with Gasteiger partial charge in [0.05, 0.1) is 11.2 Å². The Bertz CT molecular complexity index is 206. The van der Waals surface area contributed by atoms with Gasteiger partial charge in [-0.05, 0) is 32.6 Å². The van der Waals surface area contributed by atoms with Crippen LogP contribution < -0.4 is 0 Å². The van der Waals surface area contributed by atoms with Crippen molar-refractivity contribution in [2.45, 2.75) is 44.8 Å². The maximum absolute atomic E-state index is 6.16. The van der Waals surface area contributed by atoms with Crippen LogP contribution >= 0.6 is 22.6 Å². The highest BCUT2D eigenvalue weighted by Crippen LogP contribution is 2.57. The second-order valence-electron chi connectivity index (χ2n) is 4.78. The van der Waals surface area contributed by atoms with E-state index in [0.717, 1.165) is 11.8 Å². The third-order valence-electron chi connectivity index (χ3n) is 4.10. The fourth-order valence-electron chi connectivity index (χ4n) is 2.96. The number of fused-ring (bicyclic) bond motifs is 2. The molecule has 0 aromatic carbocycles. The normalized spacial score (nSPS) is 58.0. The SMILES string of the molecule is C[C@@H]1[C@@H](CI)[C@@]2(C)CC[C@]1(C)O2. The summed E-state index contributed by atoms with van der Waals surface area (Å²) in [6.45, 7) is 6.94. The molecule has 2 aliphatic rings. The van der Waals surface area contributed by atoms with Crippen molar-refractivity contribution in [2.75, 3.05) is 4.43 Å². The van der Waals surface area contributed by atoms with Crippen molar-refractivity contribution in [1.82, 2.24) is 0 Å². The molecule has 0 amide bonds. The van der Waals surface area contributed by atoms with Crippen LogP contribution in [0.15, 0.2) is 0 Å². The monoisotopic (exact) mass is 280 g/mol. The third-order valence-corrected chi connectivity index (χ3v) is 5.05. The molecule has 0 radical (unpaired) electrons. The predicted octanol–water partition coefficient (Wildman–Crippen LogP) is 3.02. The van der Waals surface area contributed by atoms with E-state index in [2.05, 4.69) is 43.4 Å². The zero-order valence-corrected chi connectivity index (χ0v) is 10.2. The summed E-state index contributed by atoms with van der Waals surface area (Å²) in [5.41, 5.74) is 0.403. The first-order chi connectivity index (χ1) is 5.52. The van der Waals surface area contributed by atoms with Crippen molar-refractivity contribution in [3.8, 4) is 0 Å². The predicted molar refractivity (Wildman–Crippen MR) is 58.7 cm³/mol. The Morgan fingerprint density at radius 2 is 1.92 bits per heavy atom. The third kappa shape index (κ3) is 0.999. The lowest BCUT2D eigenvalue weighted by atomic mass is 9.69. The Kier molecular flexibility index (Phi) is 2.00. The lowest BCUT2D eigenvalue weighted by Gasteiger charge is -2.33. The van der Waals surface area contributed by atoms with Gasteiger partial charge >= 0.3 is 0 Å². The molecule has 70 valence electrons. The van der Waals surface area contributed by atoms with Crippen LogP contribution in [0.5, 0.6) is 0 Å². The van der Waals surface area contributed by atoms with E-state index in [4.69, 9.17) is 4.74 Å². The molecule has 1 nitrogen and oxygen atoms in total. The van der Waals surface area contributed by atoms with E-state index in [1.165, 1.54) is 17.3 Å². The summed E-state index contributed by atoms with van der Waals surface area (Å²) >= 11 is 2.50. The van der Waals surface area contributed by atoms with Gasteiger partial charge in [-0.2, -0.15) is 0 Å². The van der Waals surface area contributed by atoms with E-state index in [9.17, 15) is 0 Å². The summed E-state index contributed by atoms with van der Waals surface area (Å²) in [7, 11) is 0. The summed E-state index contributed by atoms with van der Waals surface area (Å²) in [6.07, 6.45) is 2.53. The van der Waals surface area contributed by atoms with Crippen LogP contribution in [0.3, 0.4) is 0 Å². The Labute approximate surface area is 88.4 Å². The van der Waals surface area contributed by atoms with Crippen LogP contribution in [0, 0.1) is 11.8 Å². The first-order valence-electron chi connectivity index (χ1n) is 4.78. The number of alkyl halides is 1. The van der Waals surface area contributed by atoms with Gasteiger partial charge in [0.25, 0.3) is 0 Å². The Morgan fingerprint density at radius 3 is 2.25 bits per heavy atom. The van der Waals surface area contributed by atoms with Crippen LogP contribution in [0.4, 0.5) is 0 Å². The van der Waals surface area contributed by atoms with Gasteiger partial charge in [0.1, 0.15) is 0 Å². The molecule has 2 heteroatoms. The van der Waals surface area contributed by atoms with Crippen molar-refractivity contribution in [2.24, 2.45) is 11.8 Å². The molecular formula is C10H17IO. The molecule has 0 unspecified atom stereocenters. The minimum atomic E-state index is 0.199. The molecule has 0 N–H and O–H groups in total. The van der Waals surface area contributed by atoms with Crippen LogP contribution in [-0.4, -0.2) is 15.6 Å². The number of hydrogen-bond donors (Lipinski definition) is 0. The average molecular weight is 280 g/mol. The van der Waals surface area contributed by atoms with Crippen molar-refractivity contribution >= 4 is 22.6 Å². The van der Waals surface area contributed by atoms with Crippen molar-refractivity contribution in [3.05, 3.63) is 0 Å². The highest BCUT2D eigenvalue weighted by molar-refractivity contribution is 14.1. The van der Waals surface area contributed by atoms with E-state index < -0.39 is 0 Å². The van der Waals surface area contributed by atoms with Gasteiger partial charge in [0.15, 0.2) is 0 Å². The van der Waals surface area contributed by atoms with Crippen LogP contribution in [0.25, 0.3) is 0 Å². The van der Waals surface area contributed by atoms with E-state index in [-0.39, 0.29) is 11.2 Å². The van der Waals surface area contributed by atoms with Gasteiger partial charge < -0.3 is 4.74 Å². The fraction of sp³-hybridized carbons (Fsp3) is 1.00. The molecule has 4 atom stereocenters. The summed E-state index contributed by atoms with van der Waals surface area (Å²) in [6, 6.07) is 0. The fourth-order valence-corrected chi connectivity index (χ4v) is 4.66. The molecule has 2 heterocycles. The minimum Gasteiger partial charge on any atom is -0.369 e. The smallest absolute Gasteiger partial charge is 0.0702 e. The number of halogens is 1. The van der Waals surface area contributed by atoms with Gasteiger partial charge in [0, 0.05) is 10.3 Å². The van der Waals surface area contributed by atoms with Crippen molar-refractivity contribution in [3.63, 3.8) is 0 Å². The highest BCUT2D eigenvalue weighted by Gasteiger charge is 2.60. The van der Waals surface area contributed by atoms with Crippen LogP contribution in [-0.2, 0) is 4.74 Å². The second kappa shape index (κ2) is 2.59. The number of rotatable bonds is 1. The molecule has 0 spiro atoms. The second-order valence-corrected chi connectivity index (χ2v) is 5.66. The minimum absolute atomic E-state index is 0.199. The zero-order chi connectivity index (χ0) is 8.98. The standard InChI is InChI=1S/C10H17IO/c1-7-8(6-11)10(3)5-4-9(7,2)12-10/h7-8H,4-6H2,1-3H3/t7-,8-,9+,10-/m1/s1. The number of hydrogen-bond acceptors (Lipinski definition) is 1. The highest BCUT2D eigenvalue weighted by atomic mass is 127. The van der Waals surface area contributed by atoms with E-state index in [1.54, 1.807) is 0 Å². The van der Waals surface area contributed by atoms with Gasteiger partial charge in [-0.25, -0.2) is 0 Å². The summed E-state index contributed by atoms with van der Waals surface area (Å²) in [4.78, 5) is 0. The molecule has 2 bridgehead atoms. The molecule has 0 saturated carbocycles. The van der Waals surface area contributed by atoms with Crippen molar-refractivity contribution < 1.29 is 4.74 Å². The average Bonchev–Trinajstić information content (AvgIpc) is 2.38. The maximum atomic E-state index is 6.16. The van der Waals surface area contributed by atoms with Crippen molar-refractivity contribution in [1.29, 1.82) is 0 Å². The van der Waals surface area contributed by atoms with E-state index in [0.29, 0.717) is 0 Å². The molecule has 0 aromatic rings. The van der Waals surface area contributed by atoms with E-state index in [1.807, 2.05) is 0 Å². The van der Waals surface area contributed by atoms with Gasteiger partial charge in [-0.1, -0.05) is 29.5 Å². The molecule has 2 fully saturated rings. The van der Waals surface area contributed by atoms with Gasteiger partial charge in [-0.3, -0.25) is 0 Å². The van der Waals surface area contributed by atoms with Crippen LogP contribution in [0.1, 0.15) is 33.6 Å². The van der Waals surface area contributed by atoms with E-state index >= 15 is 0 Å². The number of ether oxygens (including phenoxy) is 1. The first kappa shape index (κ1) is 9.25. The molecule has 0 aliphatic carbocycles. The Hall–Kier alpha value is 0.690. The summed E-state index contributed by atoms with van der Waals surface area (Å²) in [5, 5.41) is 0. The molecule has 0 aromatic heterocycles. The zero-order valence-electron chi connectivity index (χ0n) is 8.06. The molecular weight excluding hydrogens is 263 g/mol. The maximum Gasteiger partial charge on any atom is 0.0702 e. The van der Waals surface area contributed by atoms with Gasteiger partial charge in [-0.15, -0.1) is 0 Å². The lowest BCUT2D eigenvalue weighted by Crippen LogP contribution is -2.37. The molecule has 2 aliphatic heterocycles. The summed E-state index contributed by atoms with van der Waals surface area (Å²) in [5.74, 6) is 1.52. The lowest BCUT2D eigenvalue weighted by molar-refractivity contribution is -0.0407. The molecule has 12 heavy (non-hydrogen) atoms. The first-order valence-corrected chi connectivity index (χ1v) is 6.30. The largest absolute Gasteiger partial charge is 0.369 e. The summed E-state index contributed by atoms with van der Waals surface area (Å²) < 4.78 is 7.40. The topological polar surface area (TPSA) is 9.23 Å². The van der Waals surface area contributed by atoms with Crippen LogP contribution in [0.2, 0.25) is 0 Å². The van der Waals surface area contributed by atoms with Gasteiger partial charge in [0.2, 0.25) is 0 Å². The Morgan fingerprint density at radius 1 is 1.33 bits per heavy atom.